The Labute approximate surface area is 130 Å². The Hall–Kier alpha value is -1.20. The first-order valence-electron chi connectivity index (χ1n) is 7.34. The lowest BCUT2D eigenvalue weighted by Crippen LogP contribution is -2.29. The molecular weight excluding hydrogens is 286 g/mol. The lowest BCUT2D eigenvalue weighted by Gasteiger charge is -2.14. The molecule has 2 atom stereocenters. The number of hydrogen-bond donors (Lipinski definition) is 2. The number of thiophene rings is 1. The number of nitrogens with one attached hydrogen (secondary N) is 1. The second-order valence-corrected chi connectivity index (χ2v) is 7.20. The van der Waals surface area contributed by atoms with Gasteiger partial charge in [-0.3, -0.25) is 9.59 Å². The van der Waals surface area contributed by atoms with Crippen LogP contribution in [-0.4, -0.2) is 29.4 Å². The highest BCUT2D eigenvalue weighted by Gasteiger charge is 2.14. The zero-order valence-electron chi connectivity index (χ0n) is 13.2. The monoisotopic (exact) mass is 311 g/mol. The van der Waals surface area contributed by atoms with Crippen LogP contribution >= 0.6 is 11.3 Å². The van der Waals surface area contributed by atoms with E-state index in [2.05, 4.69) is 5.32 Å². The summed E-state index contributed by atoms with van der Waals surface area (Å²) in [4.78, 5) is 25.9. The van der Waals surface area contributed by atoms with Gasteiger partial charge in [-0.15, -0.1) is 11.3 Å². The van der Waals surface area contributed by atoms with Gasteiger partial charge in [-0.25, -0.2) is 0 Å². The van der Waals surface area contributed by atoms with Crippen LogP contribution in [-0.2, 0) is 4.79 Å². The molecule has 1 amide bonds. The maximum Gasteiger partial charge on any atom is 0.220 e. The normalized spacial score (nSPS) is 13.8. The SMILES string of the molecule is Cc1cc(C(=O)CCC(=O)NCC(C)CC(C)O)c(C)s1. The van der Waals surface area contributed by atoms with Gasteiger partial charge in [-0.05, 0) is 39.2 Å². The molecule has 118 valence electrons. The molecule has 2 N–H and O–H groups in total. The number of aryl methyl sites for hydroxylation is 2. The van der Waals surface area contributed by atoms with Gasteiger partial charge in [0.25, 0.3) is 0 Å². The van der Waals surface area contributed by atoms with E-state index in [0.717, 1.165) is 15.3 Å². The first kappa shape index (κ1) is 17.9. The highest BCUT2D eigenvalue weighted by atomic mass is 32.1. The number of carbonyl (C=O) groups is 2. The second-order valence-electron chi connectivity index (χ2n) is 5.74. The molecule has 0 aliphatic carbocycles. The van der Waals surface area contributed by atoms with Crippen LogP contribution in [0.1, 0.15) is 53.2 Å². The van der Waals surface area contributed by atoms with E-state index in [0.29, 0.717) is 13.0 Å². The standard InChI is InChI=1S/C16H25NO3S/c1-10(7-11(2)18)9-17-16(20)6-5-15(19)14-8-12(3)21-13(14)4/h8,10-11,18H,5-7,9H2,1-4H3,(H,17,20). The van der Waals surface area contributed by atoms with Gasteiger partial charge < -0.3 is 10.4 Å². The second kappa shape index (κ2) is 8.29. The zero-order valence-corrected chi connectivity index (χ0v) is 14.0. The van der Waals surface area contributed by atoms with Crippen molar-refractivity contribution in [3.63, 3.8) is 0 Å². The Kier molecular flexibility index (Phi) is 7.05. The number of Topliss-reactive ketones (excluding diaryl/α,β-unsaturated/α-hetero) is 1. The number of aliphatic hydroxyl groups excluding tert-OH is 1. The predicted octanol–water partition coefficient (Wildman–Crippen LogP) is 2.85. The number of amides is 1. The molecule has 4 nitrogen and oxygen atoms in total. The van der Waals surface area contributed by atoms with E-state index in [-0.39, 0.29) is 36.6 Å². The van der Waals surface area contributed by atoms with E-state index in [1.165, 1.54) is 0 Å². The molecule has 1 rings (SSSR count). The summed E-state index contributed by atoms with van der Waals surface area (Å²) in [6, 6.07) is 1.89. The van der Waals surface area contributed by atoms with Crippen LogP contribution in [0.25, 0.3) is 0 Å². The molecular formula is C16H25NO3S. The summed E-state index contributed by atoms with van der Waals surface area (Å²) in [6.45, 7) is 8.17. The van der Waals surface area contributed by atoms with Crippen LogP contribution in [0.15, 0.2) is 6.07 Å². The smallest absolute Gasteiger partial charge is 0.220 e. The van der Waals surface area contributed by atoms with Gasteiger partial charge in [0, 0.05) is 34.7 Å². The Bertz CT molecular complexity index is 494. The Morgan fingerprint density at radius 3 is 2.48 bits per heavy atom. The van der Waals surface area contributed by atoms with Gasteiger partial charge >= 0.3 is 0 Å². The highest BCUT2D eigenvalue weighted by Crippen LogP contribution is 2.22. The minimum atomic E-state index is -0.358. The van der Waals surface area contributed by atoms with Crippen molar-refractivity contribution in [2.45, 2.75) is 53.1 Å². The third-order valence-electron chi connectivity index (χ3n) is 3.31. The van der Waals surface area contributed by atoms with Gasteiger partial charge in [0.15, 0.2) is 5.78 Å². The summed E-state index contributed by atoms with van der Waals surface area (Å²) in [6.07, 6.45) is 0.762. The van der Waals surface area contributed by atoms with Crippen LogP contribution in [0.4, 0.5) is 0 Å². The lowest BCUT2D eigenvalue weighted by atomic mass is 10.0. The largest absolute Gasteiger partial charge is 0.393 e. The number of aliphatic hydroxyl groups is 1. The van der Waals surface area contributed by atoms with Crippen LogP contribution < -0.4 is 5.32 Å². The number of rotatable bonds is 8. The minimum Gasteiger partial charge on any atom is -0.393 e. The summed E-state index contributed by atoms with van der Waals surface area (Å²) in [5.41, 5.74) is 0.743. The molecule has 21 heavy (non-hydrogen) atoms. The Morgan fingerprint density at radius 1 is 1.29 bits per heavy atom. The number of carbonyl (C=O) groups excluding carboxylic acids is 2. The molecule has 0 aromatic carbocycles. The van der Waals surface area contributed by atoms with Gasteiger partial charge in [-0.1, -0.05) is 6.92 Å². The first-order valence-corrected chi connectivity index (χ1v) is 8.16. The fourth-order valence-electron chi connectivity index (χ4n) is 2.31. The predicted molar refractivity (Wildman–Crippen MR) is 85.8 cm³/mol. The van der Waals surface area contributed by atoms with Crippen molar-refractivity contribution in [1.29, 1.82) is 0 Å². The summed E-state index contributed by atoms with van der Waals surface area (Å²) in [5, 5.41) is 12.1. The molecule has 0 aliphatic heterocycles. The summed E-state index contributed by atoms with van der Waals surface area (Å²) in [7, 11) is 0. The molecule has 1 aromatic rings. The van der Waals surface area contributed by atoms with E-state index in [1.807, 2.05) is 26.8 Å². The molecule has 0 saturated carbocycles. The molecule has 5 heteroatoms. The molecule has 0 spiro atoms. The van der Waals surface area contributed by atoms with E-state index in [4.69, 9.17) is 0 Å². The van der Waals surface area contributed by atoms with Crippen molar-refractivity contribution >= 4 is 23.0 Å². The Balaban J connectivity index is 2.33. The van der Waals surface area contributed by atoms with Crippen molar-refractivity contribution in [3.05, 3.63) is 21.4 Å². The van der Waals surface area contributed by atoms with Crippen LogP contribution in [0.2, 0.25) is 0 Å². The minimum absolute atomic E-state index is 0.0315. The number of ketones is 1. The lowest BCUT2D eigenvalue weighted by molar-refractivity contribution is -0.121. The Morgan fingerprint density at radius 2 is 1.95 bits per heavy atom. The summed E-state index contributed by atoms with van der Waals surface area (Å²) in [5.74, 6) is 0.154. The fraction of sp³-hybridized carbons (Fsp3) is 0.625. The van der Waals surface area contributed by atoms with Crippen LogP contribution in [0.5, 0.6) is 0 Å². The van der Waals surface area contributed by atoms with E-state index in [1.54, 1.807) is 18.3 Å². The third kappa shape index (κ3) is 6.40. The van der Waals surface area contributed by atoms with E-state index >= 15 is 0 Å². The van der Waals surface area contributed by atoms with Crippen molar-refractivity contribution in [3.8, 4) is 0 Å². The third-order valence-corrected chi connectivity index (χ3v) is 4.28. The zero-order chi connectivity index (χ0) is 16.0. The van der Waals surface area contributed by atoms with Crippen molar-refractivity contribution in [2.75, 3.05) is 6.54 Å². The van der Waals surface area contributed by atoms with Gasteiger partial charge in [0.05, 0.1) is 6.10 Å². The van der Waals surface area contributed by atoms with Gasteiger partial charge in [-0.2, -0.15) is 0 Å². The first-order chi connectivity index (χ1) is 9.79. The maximum absolute atomic E-state index is 12.1. The summed E-state index contributed by atoms with van der Waals surface area (Å²) >= 11 is 1.61. The molecule has 1 aromatic heterocycles. The highest BCUT2D eigenvalue weighted by molar-refractivity contribution is 7.12. The molecule has 0 aliphatic rings. The molecule has 0 saturated heterocycles. The molecule has 0 radical (unpaired) electrons. The fourth-order valence-corrected chi connectivity index (χ4v) is 3.25. The summed E-state index contributed by atoms with van der Waals surface area (Å²) < 4.78 is 0. The number of hydrogen-bond acceptors (Lipinski definition) is 4. The molecule has 0 bridgehead atoms. The van der Waals surface area contributed by atoms with E-state index < -0.39 is 0 Å². The quantitative estimate of drug-likeness (QED) is 0.726. The topological polar surface area (TPSA) is 66.4 Å². The van der Waals surface area contributed by atoms with Crippen LogP contribution in [0.3, 0.4) is 0 Å². The van der Waals surface area contributed by atoms with Crippen molar-refractivity contribution < 1.29 is 14.7 Å². The maximum atomic E-state index is 12.1. The van der Waals surface area contributed by atoms with Crippen molar-refractivity contribution in [1.82, 2.24) is 5.32 Å². The van der Waals surface area contributed by atoms with Crippen molar-refractivity contribution in [2.24, 2.45) is 5.92 Å². The van der Waals surface area contributed by atoms with Crippen LogP contribution in [0, 0.1) is 19.8 Å². The van der Waals surface area contributed by atoms with Gasteiger partial charge in [0.1, 0.15) is 0 Å². The molecule has 2 unspecified atom stereocenters. The van der Waals surface area contributed by atoms with Gasteiger partial charge in [0.2, 0.25) is 5.91 Å². The molecule has 1 heterocycles. The average Bonchev–Trinajstić information content (AvgIpc) is 2.72. The van der Waals surface area contributed by atoms with E-state index in [9.17, 15) is 14.7 Å². The molecule has 0 fully saturated rings. The average molecular weight is 311 g/mol.